The molecule has 14 heavy (non-hydrogen) atoms. The first-order valence-corrected chi connectivity index (χ1v) is 6.60. The Balaban J connectivity index is 1.69. The molecule has 1 N–H and O–H groups in total. The quantitative estimate of drug-likeness (QED) is 0.738. The molecule has 0 aromatic rings. The fraction of sp³-hybridized carbons (Fsp3) is 1.00. The first-order valence-electron chi connectivity index (χ1n) is 5.45. The molecule has 2 aliphatic heterocycles. The molecule has 0 saturated carbocycles. The lowest BCUT2D eigenvalue weighted by atomic mass is 10.2. The van der Waals surface area contributed by atoms with Crippen LogP contribution in [0.15, 0.2) is 0 Å². The summed E-state index contributed by atoms with van der Waals surface area (Å²) in [5.74, 6) is 2.61. The Labute approximate surface area is 90.6 Å². The maximum absolute atomic E-state index is 5.35. The first-order chi connectivity index (χ1) is 6.88. The van der Waals surface area contributed by atoms with Gasteiger partial charge in [0.15, 0.2) is 0 Å². The summed E-state index contributed by atoms with van der Waals surface area (Å²) in [6, 6.07) is 0.656. The minimum absolute atomic E-state index is 0.444. The van der Waals surface area contributed by atoms with Crippen molar-refractivity contribution in [3.63, 3.8) is 0 Å². The zero-order valence-electron chi connectivity index (χ0n) is 8.87. The van der Waals surface area contributed by atoms with Crippen molar-refractivity contribution in [3.8, 4) is 0 Å². The van der Waals surface area contributed by atoms with Gasteiger partial charge in [0.25, 0.3) is 0 Å². The van der Waals surface area contributed by atoms with Gasteiger partial charge in [-0.15, -0.1) is 0 Å². The van der Waals surface area contributed by atoms with Gasteiger partial charge in [-0.25, -0.2) is 0 Å². The first kappa shape index (κ1) is 10.7. The lowest BCUT2D eigenvalue weighted by Crippen LogP contribution is -2.41. The average Bonchev–Trinajstić information content (AvgIpc) is 2.67. The molecule has 0 spiro atoms. The molecule has 0 bridgehead atoms. The van der Waals surface area contributed by atoms with Crippen LogP contribution in [-0.2, 0) is 4.74 Å². The summed E-state index contributed by atoms with van der Waals surface area (Å²) < 4.78 is 5.35. The Morgan fingerprint density at radius 1 is 1.43 bits per heavy atom. The van der Waals surface area contributed by atoms with Crippen LogP contribution in [0.1, 0.15) is 6.42 Å². The SMILES string of the molecule is COC1CNC(CN2CCSCC2)C1. The van der Waals surface area contributed by atoms with Gasteiger partial charge in [-0.2, -0.15) is 11.8 Å². The van der Waals surface area contributed by atoms with Crippen LogP contribution >= 0.6 is 11.8 Å². The molecule has 0 amide bonds. The molecule has 2 saturated heterocycles. The second-order valence-electron chi connectivity index (χ2n) is 4.11. The standard InChI is InChI=1S/C10H20N2OS/c1-13-10-6-9(11-7-10)8-12-2-4-14-5-3-12/h9-11H,2-8H2,1H3. The van der Waals surface area contributed by atoms with Gasteiger partial charge in [0.05, 0.1) is 6.10 Å². The molecular weight excluding hydrogens is 196 g/mol. The van der Waals surface area contributed by atoms with Crippen LogP contribution in [0, 0.1) is 0 Å². The van der Waals surface area contributed by atoms with Crippen molar-refractivity contribution >= 4 is 11.8 Å². The third-order valence-electron chi connectivity index (χ3n) is 3.10. The highest BCUT2D eigenvalue weighted by Crippen LogP contribution is 2.14. The van der Waals surface area contributed by atoms with Crippen LogP contribution in [0.3, 0.4) is 0 Å². The minimum Gasteiger partial charge on any atom is -0.380 e. The molecule has 2 rings (SSSR count). The van der Waals surface area contributed by atoms with Crippen LogP contribution in [0.4, 0.5) is 0 Å². The second kappa shape index (κ2) is 5.35. The minimum atomic E-state index is 0.444. The molecule has 2 fully saturated rings. The predicted molar refractivity (Wildman–Crippen MR) is 61.0 cm³/mol. The summed E-state index contributed by atoms with van der Waals surface area (Å²) in [6.45, 7) is 4.77. The van der Waals surface area contributed by atoms with E-state index in [1.165, 1.54) is 37.6 Å². The molecule has 3 nitrogen and oxygen atoms in total. The van der Waals surface area contributed by atoms with Gasteiger partial charge in [0.1, 0.15) is 0 Å². The lowest BCUT2D eigenvalue weighted by Gasteiger charge is -2.28. The molecule has 82 valence electrons. The van der Waals surface area contributed by atoms with E-state index in [0.29, 0.717) is 12.1 Å². The molecule has 2 unspecified atom stereocenters. The number of thioether (sulfide) groups is 1. The van der Waals surface area contributed by atoms with E-state index in [-0.39, 0.29) is 0 Å². The van der Waals surface area contributed by atoms with Gasteiger partial charge in [0, 0.05) is 50.8 Å². The fourth-order valence-electron chi connectivity index (χ4n) is 2.20. The zero-order chi connectivity index (χ0) is 9.80. The van der Waals surface area contributed by atoms with E-state index in [2.05, 4.69) is 22.0 Å². The Hall–Kier alpha value is 0.230. The van der Waals surface area contributed by atoms with Crippen LogP contribution < -0.4 is 5.32 Å². The maximum atomic E-state index is 5.35. The van der Waals surface area contributed by atoms with E-state index in [9.17, 15) is 0 Å². The molecule has 0 radical (unpaired) electrons. The van der Waals surface area contributed by atoms with Gasteiger partial charge >= 0.3 is 0 Å². The van der Waals surface area contributed by atoms with Crippen molar-refractivity contribution in [2.24, 2.45) is 0 Å². The summed E-state index contributed by atoms with van der Waals surface area (Å²) in [6.07, 6.45) is 1.62. The number of hydrogen-bond donors (Lipinski definition) is 1. The lowest BCUT2D eigenvalue weighted by molar-refractivity contribution is 0.115. The van der Waals surface area contributed by atoms with E-state index < -0.39 is 0 Å². The van der Waals surface area contributed by atoms with E-state index >= 15 is 0 Å². The van der Waals surface area contributed by atoms with E-state index in [1.807, 2.05) is 7.11 Å². The highest BCUT2D eigenvalue weighted by Gasteiger charge is 2.25. The molecular formula is C10H20N2OS. The third-order valence-corrected chi connectivity index (χ3v) is 4.04. The molecule has 2 heterocycles. The van der Waals surface area contributed by atoms with Gasteiger partial charge < -0.3 is 15.0 Å². The summed E-state index contributed by atoms with van der Waals surface area (Å²) in [4.78, 5) is 2.58. The molecule has 0 aromatic heterocycles. The number of nitrogens with zero attached hydrogens (tertiary/aromatic N) is 1. The van der Waals surface area contributed by atoms with Crippen molar-refractivity contribution in [2.75, 3.05) is 44.8 Å². The topological polar surface area (TPSA) is 24.5 Å². The highest BCUT2D eigenvalue weighted by molar-refractivity contribution is 7.99. The summed E-state index contributed by atoms with van der Waals surface area (Å²) in [7, 11) is 1.81. The third kappa shape index (κ3) is 2.86. The molecule has 2 aliphatic rings. The highest BCUT2D eigenvalue weighted by atomic mass is 32.2. The van der Waals surface area contributed by atoms with Gasteiger partial charge in [-0.1, -0.05) is 0 Å². The summed E-state index contributed by atoms with van der Waals surface area (Å²) in [5, 5.41) is 3.53. The van der Waals surface area contributed by atoms with Crippen LogP contribution in [-0.4, -0.2) is 61.8 Å². The van der Waals surface area contributed by atoms with Crippen molar-refractivity contribution in [2.45, 2.75) is 18.6 Å². The van der Waals surface area contributed by atoms with Crippen LogP contribution in [0.2, 0.25) is 0 Å². The van der Waals surface area contributed by atoms with Crippen LogP contribution in [0.5, 0.6) is 0 Å². The predicted octanol–water partition coefficient (Wildman–Crippen LogP) is 0.412. The smallest absolute Gasteiger partial charge is 0.0711 e. The molecule has 0 aliphatic carbocycles. The summed E-state index contributed by atoms with van der Waals surface area (Å²) in [5.41, 5.74) is 0. The normalized spacial score (nSPS) is 34.9. The van der Waals surface area contributed by atoms with Gasteiger partial charge in [0.2, 0.25) is 0 Å². The largest absolute Gasteiger partial charge is 0.380 e. The number of ether oxygens (including phenoxy) is 1. The Bertz CT molecular complexity index is 174. The van der Waals surface area contributed by atoms with Crippen molar-refractivity contribution in [1.82, 2.24) is 10.2 Å². The monoisotopic (exact) mass is 216 g/mol. The number of rotatable bonds is 3. The molecule has 4 heteroatoms. The van der Waals surface area contributed by atoms with Crippen molar-refractivity contribution < 1.29 is 4.74 Å². The number of nitrogens with one attached hydrogen (secondary N) is 1. The fourth-order valence-corrected chi connectivity index (χ4v) is 3.17. The summed E-state index contributed by atoms with van der Waals surface area (Å²) >= 11 is 2.07. The van der Waals surface area contributed by atoms with E-state index in [1.54, 1.807) is 0 Å². The van der Waals surface area contributed by atoms with E-state index in [4.69, 9.17) is 4.74 Å². The number of methoxy groups -OCH3 is 1. The number of hydrogen-bond acceptors (Lipinski definition) is 4. The van der Waals surface area contributed by atoms with Crippen molar-refractivity contribution in [3.05, 3.63) is 0 Å². The molecule has 2 atom stereocenters. The molecule has 0 aromatic carbocycles. The van der Waals surface area contributed by atoms with Crippen molar-refractivity contribution in [1.29, 1.82) is 0 Å². The van der Waals surface area contributed by atoms with Gasteiger partial charge in [-0.3, -0.25) is 0 Å². The van der Waals surface area contributed by atoms with Gasteiger partial charge in [-0.05, 0) is 6.42 Å². The second-order valence-corrected chi connectivity index (χ2v) is 5.34. The average molecular weight is 216 g/mol. The van der Waals surface area contributed by atoms with E-state index in [0.717, 1.165) is 6.54 Å². The Kier molecular flexibility index (Phi) is 4.10. The van der Waals surface area contributed by atoms with Crippen LogP contribution in [0.25, 0.3) is 0 Å². The maximum Gasteiger partial charge on any atom is 0.0711 e. The Morgan fingerprint density at radius 3 is 2.86 bits per heavy atom. The zero-order valence-corrected chi connectivity index (χ0v) is 9.68. The Morgan fingerprint density at radius 2 is 2.21 bits per heavy atom.